The lowest BCUT2D eigenvalue weighted by Gasteiger charge is -2.19. The van der Waals surface area contributed by atoms with Crippen LogP contribution in [0.15, 0.2) is 54.6 Å². The first-order valence-corrected chi connectivity index (χ1v) is 8.57. The van der Waals surface area contributed by atoms with Gasteiger partial charge in [-0.1, -0.05) is 54.6 Å². The molecule has 1 aliphatic rings. The van der Waals surface area contributed by atoms with Gasteiger partial charge in [0.15, 0.2) is 5.78 Å². The summed E-state index contributed by atoms with van der Waals surface area (Å²) in [4.78, 5) is 19.9. The lowest BCUT2D eigenvalue weighted by Crippen LogP contribution is -2.14. The minimum atomic E-state index is -0.0143. The number of hydrogen-bond donors (Lipinski definition) is 0. The van der Waals surface area contributed by atoms with Gasteiger partial charge in [0.25, 0.3) is 0 Å². The van der Waals surface area contributed by atoms with Gasteiger partial charge in [0, 0.05) is 28.8 Å². The summed E-state index contributed by atoms with van der Waals surface area (Å²) in [6, 6.07) is 17.8. The molecule has 0 unspecified atom stereocenters. The monoisotopic (exact) mass is 344 g/mol. The van der Waals surface area contributed by atoms with E-state index < -0.39 is 0 Å². The van der Waals surface area contributed by atoms with E-state index in [0.717, 1.165) is 27.9 Å². The van der Waals surface area contributed by atoms with Crippen LogP contribution in [0.25, 0.3) is 22.4 Å². The van der Waals surface area contributed by atoms with Gasteiger partial charge in [0.05, 0.1) is 18.4 Å². The molecular weight excluding hydrogens is 324 g/mol. The first-order valence-electron chi connectivity index (χ1n) is 8.57. The number of carbonyl (C=O) groups is 1. The number of ketones is 1. The number of benzene rings is 2. The fourth-order valence-electron chi connectivity index (χ4n) is 3.60. The maximum absolute atomic E-state index is 13.0. The van der Waals surface area contributed by atoms with Gasteiger partial charge < -0.3 is 9.64 Å². The van der Waals surface area contributed by atoms with Crippen molar-refractivity contribution in [2.24, 2.45) is 0 Å². The van der Waals surface area contributed by atoms with Crippen LogP contribution < -0.4 is 4.74 Å². The number of aromatic nitrogens is 1. The molecule has 1 heterocycles. The van der Waals surface area contributed by atoms with E-state index in [1.54, 1.807) is 7.11 Å². The van der Waals surface area contributed by atoms with Crippen LogP contribution in [0.2, 0.25) is 0 Å². The molecule has 0 N–H and O–H groups in total. The normalized spacial score (nSPS) is 12.2. The molecule has 4 heteroatoms. The highest BCUT2D eigenvalue weighted by Gasteiger charge is 2.34. The van der Waals surface area contributed by atoms with Crippen LogP contribution in [0.3, 0.4) is 0 Å². The summed E-state index contributed by atoms with van der Waals surface area (Å²) in [6.45, 7) is 0.686. The van der Waals surface area contributed by atoms with Gasteiger partial charge in [-0.15, -0.1) is 0 Å². The van der Waals surface area contributed by atoms with Gasteiger partial charge in [-0.2, -0.15) is 0 Å². The van der Waals surface area contributed by atoms with Crippen molar-refractivity contribution in [3.05, 3.63) is 71.3 Å². The van der Waals surface area contributed by atoms with Crippen LogP contribution in [0.4, 0.5) is 0 Å². The van der Waals surface area contributed by atoms with E-state index >= 15 is 0 Å². The molecule has 2 aromatic carbocycles. The van der Waals surface area contributed by atoms with Crippen LogP contribution in [0.1, 0.15) is 21.5 Å². The van der Waals surface area contributed by atoms with E-state index in [1.165, 1.54) is 0 Å². The SMILES string of the molecule is COc1nc(-c2ccccc2)c(CN(C)C)c2c1C(=O)c1ccccc1-2. The van der Waals surface area contributed by atoms with Crippen molar-refractivity contribution in [2.45, 2.75) is 6.54 Å². The smallest absolute Gasteiger partial charge is 0.225 e. The van der Waals surface area contributed by atoms with Crippen molar-refractivity contribution in [1.82, 2.24) is 9.88 Å². The highest BCUT2D eigenvalue weighted by molar-refractivity contribution is 6.23. The van der Waals surface area contributed by atoms with Crippen LogP contribution in [-0.2, 0) is 6.54 Å². The summed E-state index contributed by atoms with van der Waals surface area (Å²) >= 11 is 0. The molecular formula is C22H20N2O2. The summed E-state index contributed by atoms with van der Waals surface area (Å²) in [7, 11) is 5.61. The maximum atomic E-state index is 13.0. The third-order valence-electron chi connectivity index (χ3n) is 4.65. The Hall–Kier alpha value is -2.98. The first kappa shape index (κ1) is 16.5. The summed E-state index contributed by atoms with van der Waals surface area (Å²) in [6.07, 6.45) is 0. The van der Waals surface area contributed by atoms with E-state index in [0.29, 0.717) is 23.6 Å². The number of fused-ring (bicyclic) bond motifs is 3. The lowest BCUT2D eigenvalue weighted by atomic mass is 9.95. The van der Waals surface area contributed by atoms with Gasteiger partial charge in [0.2, 0.25) is 5.88 Å². The largest absolute Gasteiger partial charge is 0.480 e. The third-order valence-corrected chi connectivity index (χ3v) is 4.65. The number of rotatable bonds is 4. The number of hydrogen-bond acceptors (Lipinski definition) is 4. The topological polar surface area (TPSA) is 42.4 Å². The first-order chi connectivity index (χ1) is 12.6. The van der Waals surface area contributed by atoms with Crippen LogP contribution in [0, 0.1) is 0 Å². The molecule has 26 heavy (non-hydrogen) atoms. The molecule has 3 aromatic rings. The molecule has 1 aliphatic carbocycles. The standard InChI is InChI=1S/C22H20N2O2/c1-24(2)13-17-18-15-11-7-8-12-16(15)21(25)19(18)22(26-3)23-20(17)14-9-5-4-6-10-14/h4-12H,13H2,1-3H3. The minimum absolute atomic E-state index is 0.0143. The fraction of sp³-hybridized carbons (Fsp3) is 0.182. The molecule has 0 atom stereocenters. The van der Waals surface area contributed by atoms with E-state index in [2.05, 4.69) is 4.90 Å². The Morgan fingerprint density at radius 3 is 2.23 bits per heavy atom. The van der Waals surface area contributed by atoms with Gasteiger partial charge in [0.1, 0.15) is 0 Å². The van der Waals surface area contributed by atoms with Gasteiger partial charge >= 0.3 is 0 Å². The molecule has 0 radical (unpaired) electrons. The maximum Gasteiger partial charge on any atom is 0.225 e. The van der Waals surface area contributed by atoms with Crippen molar-refractivity contribution < 1.29 is 9.53 Å². The van der Waals surface area contributed by atoms with Gasteiger partial charge in [-0.3, -0.25) is 4.79 Å². The number of methoxy groups -OCH3 is 1. The Labute approximate surface area is 153 Å². The predicted octanol–water partition coefficient (Wildman–Crippen LogP) is 4.03. The molecule has 0 amide bonds. The second-order valence-corrected chi connectivity index (χ2v) is 6.68. The summed E-state index contributed by atoms with van der Waals surface area (Å²) in [5, 5.41) is 0. The number of carbonyl (C=O) groups excluding carboxylic acids is 1. The van der Waals surface area contributed by atoms with E-state index in [4.69, 9.17) is 9.72 Å². The second kappa shape index (κ2) is 6.39. The average Bonchev–Trinajstić information content (AvgIpc) is 2.96. The quantitative estimate of drug-likeness (QED) is 0.560. The Morgan fingerprint density at radius 1 is 0.923 bits per heavy atom. The molecule has 4 nitrogen and oxygen atoms in total. The van der Waals surface area contributed by atoms with Gasteiger partial charge in [-0.05, 0) is 19.7 Å². The zero-order chi connectivity index (χ0) is 18.3. The molecule has 0 spiro atoms. The van der Waals surface area contributed by atoms with Crippen molar-refractivity contribution in [2.75, 3.05) is 21.2 Å². The van der Waals surface area contributed by atoms with Gasteiger partial charge in [-0.25, -0.2) is 4.98 Å². The highest BCUT2D eigenvalue weighted by Crippen LogP contribution is 2.45. The van der Waals surface area contributed by atoms with Crippen molar-refractivity contribution in [3.8, 4) is 28.3 Å². The van der Waals surface area contributed by atoms with Crippen molar-refractivity contribution >= 4 is 5.78 Å². The Morgan fingerprint density at radius 2 is 1.58 bits per heavy atom. The minimum Gasteiger partial charge on any atom is -0.480 e. The number of pyridine rings is 1. The molecule has 130 valence electrons. The van der Waals surface area contributed by atoms with E-state index in [-0.39, 0.29) is 5.78 Å². The average molecular weight is 344 g/mol. The van der Waals surface area contributed by atoms with Crippen LogP contribution >= 0.6 is 0 Å². The Bertz CT molecular complexity index is 995. The van der Waals surface area contributed by atoms with Crippen molar-refractivity contribution in [1.29, 1.82) is 0 Å². The summed E-state index contributed by atoms with van der Waals surface area (Å²) in [5.74, 6) is 0.377. The zero-order valence-corrected chi connectivity index (χ0v) is 15.1. The second-order valence-electron chi connectivity index (χ2n) is 6.68. The van der Waals surface area contributed by atoms with Crippen LogP contribution in [0.5, 0.6) is 5.88 Å². The molecule has 1 aromatic heterocycles. The molecule has 0 saturated heterocycles. The zero-order valence-electron chi connectivity index (χ0n) is 15.1. The van der Waals surface area contributed by atoms with Crippen molar-refractivity contribution in [3.63, 3.8) is 0 Å². The molecule has 0 saturated carbocycles. The Kier molecular flexibility index (Phi) is 4.05. The Balaban J connectivity index is 2.10. The third kappa shape index (κ3) is 2.50. The molecule has 0 aliphatic heterocycles. The number of ether oxygens (including phenoxy) is 1. The van der Waals surface area contributed by atoms with E-state index in [1.807, 2.05) is 68.7 Å². The highest BCUT2D eigenvalue weighted by atomic mass is 16.5. The van der Waals surface area contributed by atoms with E-state index in [9.17, 15) is 4.79 Å². The molecule has 0 bridgehead atoms. The fourth-order valence-corrected chi connectivity index (χ4v) is 3.60. The molecule has 0 fully saturated rings. The predicted molar refractivity (Wildman–Crippen MR) is 102 cm³/mol. The van der Waals surface area contributed by atoms with Crippen LogP contribution in [-0.4, -0.2) is 36.9 Å². The summed E-state index contributed by atoms with van der Waals surface area (Å²) in [5.41, 5.74) is 6.13. The lowest BCUT2D eigenvalue weighted by molar-refractivity contribution is 0.104. The number of nitrogens with zero attached hydrogens (tertiary/aromatic N) is 2. The molecule has 4 rings (SSSR count). The summed E-state index contributed by atoms with van der Waals surface area (Å²) < 4.78 is 5.54.